The van der Waals surface area contributed by atoms with Crippen molar-refractivity contribution in [2.45, 2.75) is 6.92 Å². The normalized spacial score (nSPS) is 10.2. The highest BCUT2D eigenvalue weighted by atomic mass is 16.4. The molecule has 0 amide bonds. The summed E-state index contributed by atoms with van der Waals surface area (Å²) in [4.78, 5) is 4.26. The molecule has 16 heavy (non-hydrogen) atoms. The highest BCUT2D eigenvalue weighted by Crippen LogP contribution is 2.16. The van der Waals surface area contributed by atoms with E-state index in [1.165, 1.54) is 0 Å². The smallest absolute Gasteiger partial charge is 0.423 e. The largest absolute Gasteiger partial charge is 0.488 e. The molecule has 2 N–H and O–H groups in total. The van der Waals surface area contributed by atoms with Crippen LogP contribution in [0.5, 0.6) is 0 Å². The fourth-order valence-electron chi connectivity index (χ4n) is 1.52. The van der Waals surface area contributed by atoms with Gasteiger partial charge in [0.2, 0.25) is 0 Å². The number of aromatic nitrogens is 1. The first kappa shape index (κ1) is 10.9. The van der Waals surface area contributed by atoms with Gasteiger partial charge in [0.25, 0.3) is 0 Å². The van der Waals surface area contributed by atoms with Crippen molar-refractivity contribution in [3.05, 3.63) is 48.2 Å². The minimum atomic E-state index is -1.42. The van der Waals surface area contributed by atoms with Gasteiger partial charge >= 0.3 is 7.12 Å². The lowest BCUT2D eigenvalue weighted by atomic mass is 9.80. The maximum Gasteiger partial charge on any atom is 0.488 e. The number of hydrogen-bond donors (Lipinski definition) is 2. The Morgan fingerprint density at radius 1 is 1.06 bits per heavy atom. The molecule has 80 valence electrons. The number of pyridine rings is 1. The fourth-order valence-corrected chi connectivity index (χ4v) is 1.52. The third-order valence-corrected chi connectivity index (χ3v) is 2.42. The lowest BCUT2D eigenvalue weighted by molar-refractivity contribution is 0.426. The standard InChI is InChI=1S/C12H12BNO2/c1-9-6-7-14-12(8-9)10-2-4-11(5-3-10)13(15)16/h2-8,15-16H,1H3. The summed E-state index contributed by atoms with van der Waals surface area (Å²) in [6.07, 6.45) is 1.76. The monoisotopic (exact) mass is 213 g/mol. The van der Waals surface area contributed by atoms with E-state index < -0.39 is 7.12 Å². The first-order valence-corrected chi connectivity index (χ1v) is 5.06. The first-order valence-electron chi connectivity index (χ1n) is 5.06. The molecule has 0 atom stereocenters. The Balaban J connectivity index is 2.35. The van der Waals surface area contributed by atoms with Gasteiger partial charge in [-0.05, 0) is 30.1 Å². The Kier molecular flexibility index (Phi) is 3.03. The summed E-state index contributed by atoms with van der Waals surface area (Å²) in [6, 6.07) is 11.0. The van der Waals surface area contributed by atoms with Gasteiger partial charge in [0.15, 0.2) is 0 Å². The van der Waals surface area contributed by atoms with Gasteiger partial charge in [-0.3, -0.25) is 4.98 Å². The van der Waals surface area contributed by atoms with Crippen LogP contribution in [0.3, 0.4) is 0 Å². The molecule has 0 aliphatic heterocycles. The predicted octanol–water partition coefficient (Wildman–Crippen LogP) is 0.737. The van der Waals surface area contributed by atoms with Crippen LogP contribution in [0.15, 0.2) is 42.6 Å². The Hall–Kier alpha value is -1.65. The summed E-state index contributed by atoms with van der Waals surface area (Å²) in [5.74, 6) is 0. The van der Waals surface area contributed by atoms with Crippen molar-refractivity contribution in [3.63, 3.8) is 0 Å². The number of nitrogens with zero attached hydrogens (tertiary/aromatic N) is 1. The Bertz CT molecular complexity index is 483. The van der Waals surface area contributed by atoms with Gasteiger partial charge in [0, 0.05) is 11.8 Å². The van der Waals surface area contributed by atoms with Crippen molar-refractivity contribution in [3.8, 4) is 11.3 Å². The molecule has 0 saturated carbocycles. The Morgan fingerprint density at radius 2 is 1.75 bits per heavy atom. The van der Waals surface area contributed by atoms with E-state index >= 15 is 0 Å². The third kappa shape index (κ3) is 2.29. The van der Waals surface area contributed by atoms with Crippen molar-refractivity contribution in [1.82, 2.24) is 4.98 Å². The second kappa shape index (κ2) is 4.47. The summed E-state index contributed by atoms with van der Waals surface area (Å²) in [6.45, 7) is 2.01. The summed E-state index contributed by atoms with van der Waals surface area (Å²) < 4.78 is 0. The second-order valence-electron chi connectivity index (χ2n) is 3.71. The molecular formula is C12H12BNO2. The van der Waals surface area contributed by atoms with E-state index in [1.54, 1.807) is 18.3 Å². The van der Waals surface area contributed by atoms with Gasteiger partial charge in [-0.15, -0.1) is 0 Å². The molecule has 0 saturated heterocycles. The molecule has 2 aromatic rings. The lowest BCUT2D eigenvalue weighted by Gasteiger charge is -2.03. The van der Waals surface area contributed by atoms with Crippen molar-refractivity contribution < 1.29 is 10.0 Å². The van der Waals surface area contributed by atoms with E-state index in [0.717, 1.165) is 16.8 Å². The molecular weight excluding hydrogens is 201 g/mol. The van der Waals surface area contributed by atoms with Crippen LogP contribution in [0.25, 0.3) is 11.3 Å². The molecule has 3 nitrogen and oxygen atoms in total. The van der Waals surface area contributed by atoms with Crippen molar-refractivity contribution in [1.29, 1.82) is 0 Å². The molecule has 0 aliphatic rings. The van der Waals surface area contributed by atoms with Gasteiger partial charge in [0.05, 0.1) is 5.69 Å². The highest BCUT2D eigenvalue weighted by Gasteiger charge is 2.10. The van der Waals surface area contributed by atoms with Crippen molar-refractivity contribution >= 4 is 12.6 Å². The quantitative estimate of drug-likeness (QED) is 0.723. The summed E-state index contributed by atoms with van der Waals surface area (Å²) in [7, 11) is -1.42. The van der Waals surface area contributed by atoms with E-state index in [0.29, 0.717) is 5.46 Å². The molecule has 0 unspecified atom stereocenters. The maximum absolute atomic E-state index is 8.97. The zero-order chi connectivity index (χ0) is 11.5. The minimum Gasteiger partial charge on any atom is -0.423 e. The molecule has 0 radical (unpaired) electrons. The highest BCUT2D eigenvalue weighted by molar-refractivity contribution is 6.58. The van der Waals surface area contributed by atoms with Gasteiger partial charge < -0.3 is 10.0 Å². The van der Waals surface area contributed by atoms with Crippen LogP contribution in [0.4, 0.5) is 0 Å². The van der Waals surface area contributed by atoms with E-state index in [2.05, 4.69) is 4.98 Å². The number of aryl methyl sites for hydroxylation is 1. The molecule has 0 fully saturated rings. The lowest BCUT2D eigenvalue weighted by Crippen LogP contribution is -2.29. The summed E-state index contributed by atoms with van der Waals surface area (Å²) in [5.41, 5.74) is 3.49. The van der Waals surface area contributed by atoms with Crippen LogP contribution in [-0.2, 0) is 0 Å². The van der Waals surface area contributed by atoms with Gasteiger partial charge in [-0.2, -0.15) is 0 Å². The first-order chi connectivity index (χ1) is 7.66. The topological polar surface area (TPSA) is 53.4 Å². The predicted molar refractivity (Wildman–Crippen MR) is 64.2 cm³/mol. The molecule has 1 aromatic carbocycles. The number of rotatable bonds is 2. The van der Waals surface area contributed by atoms with Gasteiger partial charge in [-0.1, -0.05) is 24.3 Å². The van der Waals surface area contributed by atoms with Crippen LogP contribution in [0, 0.1) is 6.92 Å². The molecule has 4 heteroatoms. The Morgan fingerprint density at radius 3 is 2.31 bits per heavy atom. The maximum atomic E-state index is 8.97. The average molecular weight is 213 g/mol. The van der Waals surface area contributed by atoms with Crippen LogP contribution >= 0.6 is 0 Å². The zero-order valence-corrected chi connectivity index (χ0v) is 8.96. The molecule has 0 spiro atoms. The van der Waals surface area contributed by atoms with Crippen LogP contribution in [0.2, 0.25) is 0 Å². The van der Waals surface area contributed by atoms with Crippen molar-refractivity contribution in [2.75, 3.05) is 0 Å². The van der Waals surface area contributed by atoms with E-state index in [-0.39, 0.29) is 0 Å². The molecule has 0 aliphatic carbocycles. The number of benzene rings is 1. The summed E-state index contributed by atoms with van der Waals surface area (Å²) >= 11 is 0. The molecule has 1 aromatic heterocycles. The second-order valence-corrected chi connectivity index (χ2v) is 3.71. The van der Waals surface area contributed by atoms with E-state index in [1.807, 2.05) is 31.2 Å². The third-order valence-electron chi connectivity index (χ3n) is 2.42. The minimum absolute atomic E-state index is 0.483. The average Bonchev–Trinajstić information content (AvgIpc) is 2.29. The van der Waals surface area contributed by atoms with E-state index in [4.69, 9.17) is 10.0 Å². The van der Waals surface area contributed by atoms with Crippen LogP contribution in [-0.4, -0.2) is 22.2 Å². The number of hydrogen-bond acceptors (Lipinski definition) is 3. The fraction of sp³-hybridized carbons (Fsp3) is 0.0833. The van der Waals surface area contributed by atoms with Gasteiger partial charge in [-0.25, -0.2) is 0 Å². The van der Waals surface area contributed by atoms with Crippen molar-refractivity contribution in [2.24, 2.45) is 0 Å². The summed E-state index contributed by atoms with van der Waals surface area (Å²) in [5, 5.41) is 17.9. The molecule has 0 bridgehead atoms. The van der Waals surface area contributed by atoms with E-state index in [9.17, 15) is 0 Å². The Labute approximate surface area is 94.6 Å². The molecule has 1 heterocycles. The van der Waals surface area contributed by atoms with Gasteiger partial charge in [0.1, 0.15) is 0 Å². The molecule has 2 rings (SSSR count). The SMILES string of the molecule is Cc1ccnc(-c2ccc(B(O)O)cc2)c1. The van der Waals surface area contributed by atoms with Crippen LogP contribution in [0.1, 0.15) is 5.56 Å². The zero-order valence-electron chi connectivity index (χ0n) is 8.96. The van der Waals surface area contributed by atoms with Crippen LogP contribution < -0.4 is 5.46 Å².